The molecule has 0 aliphatic heterocycles. The third kappa shape index (κ3) is 5.85. The molecule has 2 aromatic carbocycles. The van der Waals surface area contributed by atoms with Gasteiger partial charge in [-0.1, -0.05) is 42.5 Å². The van der Waals surface area contributed by atoms with Gasteiger partial charge in [-0.3, -0.25) is 0 Å². The zero-order chi connectivity index (χ0) is 24.9. The lowest BCUT2D eigenvalue weighted by atomic mass is 9.86. The molecule has 6 nitrogen and oxygen atoms in total. The molecular weight excluding hydrogens is 464 g/mol. The lowest BCUT2D eigenvalue weighted by Gasteiger charge is -2.29. The molecule has 1 fully saturated rings. The van der Waals surface area contributed by atoms with Crippen LogP contribution in [0, 0.1) is 12.8 Å². The summed E-state index contributed by atoms with van der Waals surface area (Å²) in [6, 6.07) is 19.1. The Morgan fingerprint density at radius 1 is 0.917 bits per heavy atom. The van der Waals surface area contributed by atoms with E-state index < -0.39 is 0 Å². The first-order valence-corrected chi connectivity index (χ1v) is 13.8. The van der Waals surface area contributed by atoms with Gasteiger partial charge in [-0.25, -0.2) is 9.97 Å². The van der Waals surface area contributed by atoms with Crippen molar-refractivity contribution in [3.63, 3.8) is 0 Å². The van der Waals surface area contributed by atoms with Crippen molar-refractivity contribution in [3.05, 3.63) is 65.2 Å². The highest BCUT2D eigenvalue weighted by molar-refractivity contribution is 7.15. The van der Waals surface area contributed by atoms with E-state index in [9.17, 15) is 0 Å². The van der Waals surface area contributed by atoms with E-state index in [4.69, 9.17) is 15.0 Å². The number of hydrogen-bond acceptors (Lipinski definition) is 7. The third-order valence-electron chi connectivity index (χ3n) is 7.07. The van der Waals surface area contributed by atoms with Crippen molar-refractivity contribution in [3.8, 4) is 10.6 Å². The van der Waals surface area contributed by atoms with E-state index in [1.807, 2.05) is 26.2 Å². The molecule has 1 saturated carbocycles. The van der Waals surface area contributed by atoms with Gasteiger partial charge in [-0.2, -0.15) is 4.98 Å². The number of aryl methyl sites for hydroxylation is 1. The topological polar surface area (TPSA) is 66.0 Å². The molecule has 7 heteroatoms. The number of nitrogens with zero attached hydrogens (tertiary/aromatic N) is 4. The summed E-state index contributed by atoms with van der Waals surface area (Å²) >= 11 is 1.80. The fourth-order valence-electron chi connectivity index (χ4n) is 5.04. The first-order valence-electron chi connectivity index (χ1n) is 13.0. The van der Waals surface area contributed by atoms with Crippen LogP contribution in [-0.4, -0.2) is 48.2 Å². The van der Waals surface area contributed by atoms with Crippen molar-refractivity contribution >= 4 is 34.0 Å². The Balaban J connectivity index is 1.08. The number of para-hydroxylation sites is 1. The van der Waals surface area contributed by atoms with Crippen LogP contribution in [0.1, 0.15) is 36.3 Å². The normalized spacial score (nSPS) is 17.9. The average molecular weight is 501 g/mol. The van der Waals surface area contributed by atoms with E-state index in [1.165, 1.54) is 29.0 Å². The third-order valence-corrected chi connectivity index (χ3v) is 8.13. The first kappa shape index (κ1) is 24.7. The van der Waals surface area contributed by atoms with Crippen LogP contribution in [0.4, 0.5) is 11.8 Å². The van der Waals surface area contributed by atoms with Gasteiger partial charge in [-0.15, -0.1) is 11.3 Å². The Bertz CT molecular complexity index is 1280. The molecule has 0 bridgehead atoms. The summed E-state index contributed by atoms with van der Waals surface area (Å²) in [7, 11) is 4.07. The summed E-state index contributed by atoms with van der Waals surface area (Å²) in [5.41, 5.74) is 3.43. The molecule has 0 saturated heterocycles. The molecule has 2 aromatic heterocycles. The molecule has 36 heavy (non-hydrogen) atoms. The predicted octanol–water partition coefficient (Wildman–Crippen LogP) is 5.93. The molecule has 0 amide bonds. The van der Waals surface area contributed by atoms with Crippen molar-refractivity contribution < 1.29 is 0 Å². The predicted molar refractivity (Wildman–Crippen MR) is 152 cm³/mol. The Morgan fingerprint density at radius 3 is 2.44 bits per heavy atom. The van der Waals surface area contributed by atoms with Crippen molar-refractivity contribution in [1.82, 2.24) is 20.3 Å². The highest BCUT2D eigenvalue weighted by Crippen LogP contribution is 2.29. The van der Waals surface area contributed by atoms with Gasteiger partial charge in [0.25, 0.3) is 0 Å². The molecule has 1 aliphatic rings. The number of rotatable bonds is 9. The molecule has 0 atom stereocenters. The molecule has 5 rings (SSSR count). The number of nitrogens with one attached hydrogen (secondary N) is 2. The summed E-state index contributed by atoms with van der Waals surface area (Å²) in [6.07, 6.45) is 5.76. The van der Waals surface area contributed by atoms with Gasteiger partial charge in [0.1, 0.15) is 10.8 Å². The van der Waals surface area contributed by atoms with E-state index in [2.05, 4.69) is 64.9 Å². The van der Waals surface area contributed by atoms with Crippen LogP contribution in [0.15, 0.2) is 54.6 Å². The number of aromatic nitrogens is 3. The molecule has 4 aromatic rings. The van der Waals surface area contributed by atoms with E-state index in [0.29, 0.717) is 6.04 Å². The van der Waals surface area contributed by atoms with Crippen LogP contribution in [-0.2, 0) is 6.42 Å². The SMILES string of the molecule is Cc1sc(-c2ccccc2)nc1CCNC[C@H]1CC[C@@H](Nc2nc(N(C)C)c3ccccc3n2)CC1. The minimum atomic E-state index is 0.437. The van der Waals surface area contributed by atoms with Gasteiger partial charge in [0, 0.05) is 48.9 Å². The second kappa shape index (κ2) is 11.4. The second-order valence-electron chi connectivity index (χ2n) is 9.99. The van der Waals surface area contributed by atoms with Crippen molar-refractivity contribution in [2.45, 2.75) is 45.1 Å². The monoisotopic (exact) mass is 500 g/mol. The first-order chi connectivity index (χ1) is 17.6. The van der Waals surface area contributed by atoms with Gasteiger partial charge in [0.15, 0.2) is 0 Å². The summed E-state index contributed by atoms with van der Waals surface area (Å²) in [6.45, 7) is 4.25. The molecule has 188 valence electrons. The Labute approximate surface area is 218 Å². The molecule has 1 aliphatic carbocycles. The van der Waals surface area contributed by atoms with Crippen LogP contribution >= 0.6 is 11.3 Å². The average Bonchev–Trinajstić information content (AvgIpc) is 3.28. The minimum Gasteiger partial charge on any atom is -0.362 e. The molecule has 2 heterocycles. The van der Waals surface area contributed by atoms with Gasteiger partial charge in [0.05, 0.1) is 11.2 Å². The van der Waals surface area contributed by atoms with Crippen molar-refractivity contribution in [2.24, 2.45) is 5.92 Å². The second-order valence-corrected chi connectivity index (χ2v) is 11.2. The smallest absolute Gasteiger partial charge is 0.225 e. The highest BCUT2D eigenvalue weighted by atomic mass is 32.1. The Hall–Kier alpha value is -3.03. The maximum Gasteiger partial charge on any atom is 0.225 e. The number of fused-ring (bicyclic) bond motifs is 1. The maximum atomic E-state index is 4.91. The fourth-order valence-corrected chi connectivity index (χ4v) is 6.00. The zero-order valence-corrected chi connectivity index (χ0v) is 22.3. The zero-order valence-electron chi connectivity index (χ0n) is 21.5. The van der Waals surface area contributed by atoms with E-state index in [1.54, 1.807) is 11.3 Å². The Kier molecular flexibility index (Phi) is 7.78. The number of anilines is 2. The summed E-state index contributed by atoms with van der Waals surface area (Å²) < 4.78 is 0. The standard InChI is InChI=1S/C29H36N6S/c1-20-25(32-28(36-20)22-9-5-4-6-10-22)17-18-30-19-21-13-15-23(16-14-21)31-29-33-26-12-8-7-11-24(26)27(34-29)35(2)3/h4-12,21,23,30H,13-19H2,1-3H3,(H,31,33,34)/t21-,23+. The highest BCUT2D eigenvalue weighted by Gasteiger charge is 2.22. The van der Waals surface area contributed by atoms with E-state index in [0.717, 1.165) is 65.9 Å². The summed E-state index contributed by atoms with van der Waals surface area (Å²) in [4.78, 5) is 17.9. The number of benzene rings is 2. The number of hydrogen-bond donors (Lipinski definition) is 2. The quantitative estimate of drug-likeness (QED) is 0.278. The van der Waals surface area contributed by atoms with Crippen LogP contribution in [0.5, 0.6) is 0 Å². The molecular formula is C29H36N6S. The lowest BCUT2D eigenvalue weighted by Crippen LogP contribution is -2.32. The molecule has 2 N–H and O–H groups in total. The fraction of sp³-hybridized carbons (Fsp3) is 0.414. The van der Waals surface area contributed by atoms with E-state index in [-0.39, 0.29) is 0 Å². The van der Waals surface area contributed by atoms with Crippen molar-refractivity contribution in [1.29, 1.82) is 0 Å². The molecule has 0 radical (unpaired) electrons. The van der Waals surface area contributed by atoms with Gasteiger partial charge >= 0.3 is 0 Å². The number of thiazole rings is 1. The van der Waals surface area contributed by atoms with Gasteiger partial charge in [0.2, 0.25) is 5.95 Å². The summed E-state index contributed by atoms with van der Waals surface area (Å²) in [5.74, 6) is 2.44. The van der Waals surface area contributed by atoms with Gasteiger partial charge in [-0.05, 0) is 57.2 Å². The largest absolute Gasteiger partial charge is 0.362 e. The molecule has 0 unspecified atom stereocenters. The van der Waals surface area contributed by atoms with Crippen LogP contribution in [0.3, 0.4) is 0 Å². The van der Waals surface area contributed by atoms with Crippen LogP contribution in [0.25, 0.3) is 21.5 Å². The van der Waals surface area contributed by atoms with E-state index >= 15 is 0 Å². The Morgan fingerprint density at radius 2 is 1.67 bits per heavy atom. The van der Waals surface area contributed by atoms with Crippen molar-refractivity contribution in [2.75, 3.05) is 37.4 Å². The summed E-state index contributed by atoms with van der Waals surface area (Å²) in [5, 5.41) is 9.54. The van der Waals surface area contributed by atoms with Crippen LogP contribution < -0.4 is 15.5 Å². The minimum absolute atomic E-state index is 0.437. The van der Waals surface area contributed by atoms with Gasteiger partial charge < -0.3 is 15.5 Å². The maximum absolute atomic E-state index is 4.91. The lowest BCUT2D eigenvalue weighted by molar-refractivity contribution is 0.325. The molecule has 0 spiro atoms. The van der Waals surface area contributed by atoms with Crippen LogP contribution in [0.2, 0.25) is 0 Å².